The molecule has 1 unspecified atom stereocenters. The van der Waals surface area contributed by atoms with E-state index in [2.05, 4.69) is 102 Å². The molecular formula is C29H41N5. The second-order valence-corrected chi connectivity index (χ2v) is 9.67. The Morgan fingerprint density at radius 3 is 2.44 bits per heavy atom. The van der Waals surface area contributed by atoms with Gasteiger partial charge in [-0.3, -0.25) is 4.90 Å². The van der Waals surface area contributed by atoms with Gasteiger partial charge in [-0.05, 0) is 62.6 Å². The average Bonchev–Trinajstić information content (AvgIpc) is 3.27. The lowest BCUT2D eigenvalue weighted by molar-refractivity contribution is 0.193. The summed E-state index contributed by atoms with van der Waals surface area (Å²) in [6.45, 7) is 15.5. The standard InChI is InChI=1S/C29H41N5/c1-5-10-28-21-26(31-34(28)27-12-7-6-8-13-27)15-16-30-22-24(3)32-17-19-33(20-18-32)29-14-9-11-23(2)25(29)4/h6-9,11-14,21,24,30H,5,10,15-20,22H2,1-4H3. The van der Waals surface area contributed by atoms with Crippen molar-refractivity contribution in [2.75, 3.05) is 44.2 Å². The second kappa shape index (κ2) is 11.7. The molecule has 3 aromatic rings. The molecular weight excluding hydrogens is 418 g/mol. The van der Waals surface area contributed by atoms with Gasteiger partial charge in [0.15, 0.2) is 0 Å². The minimum absolute atomic E-state index is 0.540. The Morgan fingerprint density at radius 2 is 1.71 bits per heavy atom. The molecule has 4 rings (SSSR count). The molecule has 182 valence electrons. The smallest absolute Gasteiger partial charge is 0.0648 e. The minimum atomic E-state index is 0.540. The van der Waals surface area contributed by atoms with Gasteiger partial charge in [-0.1, -0.05) is 43.7 Å². The van der Waals surface area contributed by atoms with Gasteiger partial charge in [0.05, 0.1) is 11.4 Å². The Morgan fingerprint density at radius 1 is 0.941 bits per heavy atom. The van der Waals surface area contributed by atoms with Crippen LogP contribution in [0.1, 0.15) is 42.8 Å². The molecule has 1 N–H and O–H groups in total. The molecule has 1 aliphatic rings. The first-order valence-corrected chi connectivity index (χ1v) is 13.0. The van der Waals surface area contributed by atoms with Crippen LogP contribution in [0.15, 0.2) is 54.6 Å². The van der Waals surface area contributed by atoms with Crippen LogP contribution in [-0.4, -0.2) is 60.0 Å². The van der Waals surface area contributed by atoms with Crippen LogP contribution in [0.25, 0.3) is 5.69 Å². The average molecular weight is 460 g/mol. The second-order valence-electron chi connectivity index (χ2n) is 9.67. The van der Waals surface area contributed by atoms with E-state index in [9.17, 15) is 0 Å². The van der Waals surface area contributed by atoms with Crippen LogP contribution in [0.5, 0.6) is 0 Å². The van der Waals surface area contributed by atoms with Crippen molar-refractivity contribution in [1.82, 2.24) is 20.0 Å². The van der Waals surface area contributed by atoms with Crippen molar-refractivity contribution in [3.05, 3.63) is 77.1 Å². The summed E-state index contributed by atoms with van der Waals surface area (Å²) in [5.41, 5.74) is 7.84. The summed E-state index contributed by atoms with van der Waals surface area (Å²) in [4.78, 5) is 5.17. The highest BCUT2D eigenvalue weighted by Gasteiger charge is 2.22. The Balaban J connectivity index is 1.23. The first-order valence-electron chi connectivity index (χ1n) is 13.0. The number of rotatable bonds is 10. The van der Waals surface area contributed by atoms with Crippen molar-refractivity contribution >= 4 is 5.69 Å². The molecule has 0 saturated carbocycles. The number of benzene rings is 2. The predicted molar refractivity (Wildman–Crippen MR) is 143 cm³/mol. The molecule has 1 aliphatic heterocycles. The van der Waals surface area contributed by atoms with Crippen LogP contribution < -0.4 is 10.2 Å². The Bertz CT molecular complexity index is 1030. The highest BCUT2D eigenvalue weighted by Crippen LogP contribution is 2.24. The van der Waals surface area contributed by atoms with E-state index in [0.29, 0.717) is 6.04 Å². The van der Waals surface area contributed by atoms with Crippen LogP contribution in [0.2, 0.25) is 0 Å². The van der Waals surface area contributed by atoms with Gasteiger partial charge in [-0.2, -0.15) is 5.10 Å². The van der Waals surface area contributed by atoms with Gasteiger partial charge in [-0.25, -0.2) is 4.68 Å². The van der Waals surface area contributed by atoms with Crippen molar-refractivity contribution < 1.29 is 0 Å². The number of hydrogen-bond donors (Lipinski definition) is 1. The van der Waals surface area contributed by atoms with E-state index >= 15 is 0 Å². The fourth-order valence-corrected chi connectivity index (χ4v) is 4.96. The topological polar surface area (TPSA) is 36.3 Å². The summed E-state index contributed by atoms with van der Waals surface area (Å²) < 4.78 is 2.12. The Labute approximate surface area is 205 Å². The fraction of sp³-hybridized carbons (Fsp3) is 0.483. The molecule has 0 amide bonds. The van der Waals surface area contributed by atoms with Gasteiger partial charge in [0, 0.05) is 63.1 Å². The van der Waals surface area contributed by atoms with Crippen molar-refractivity contribution in [2.24, 2.45) is 0 Å². The molecule has 0 radical (unpaired) electrons. The molecule has 2 heterocycles. The number of para-hydroxylation sites is 1. The Hall–Kier alpha value is -2.63. The lowest BCUT2D eigenvalue weighted by Gasteiger charge is -2.40. The number of piperazine rings is 1. The zero-order valence-electron chi connectivity index (χ0n) is 21.4. The fourth-order valence-electron chi connectivity index (χ4n) is 4.96. The number of anilines is 1. The van der Waals surface area contributed by atoms with Gasteiger partial charge >= 0.3 is 0 Å². The number of hydrogen-bond acceptors (Lipinski definition) is 4. The molecule has 1 atom stereocenters. The van der Waals surface area contributed by atoms with Gasteiger partial charge in [0.2, 0.25) is 0 Å². The van der Waals surface area contributed by atoms with E-state index in [1.807, 2.05) is 0 Å². The monoisotopic (exact) mass is 459 g/mol. The largest absolute Gasteiger partial charge is 0.369 e. The molecule has 0 spiro atoms. The molecule has 2 aromatic carbocycles. The third-order valence-electron chi connectivity index (χ3n) is 7.19. The van der Waals surface area contributed by atoms with E-state index in [0.717, 1.165) is 64.2 Å². The molecule has 5 heteroatoms. The van der Waals surface area contributed by atoms with Gasteiger partial charge in [-0.15, -0.1) is 0 Å². The molecule has 1 fully saturated rings. The van der Waals surface area contributed by atoms with Crippen molar-refractivity contribution in [3.8, 4) is 5.69 Å². The first kappa shape index (κ1) is 24.5. The van der Waals surface area contributed by atoms with Crippen LogP contribution in [0.3, 0.4) is 0 Å². The number of nitrogens with one attached hydrogen (secondary N) is 1. The van der Waals surface area contributed by atoms with E-state index < -0.39 is 0 Å². The minimum Gasteiger partial charge on any atom is -0.369 e. The SMILES string of the molecule is CCCc1cc(CCNCC(C)N2CCN(c3cccc(C)c3C)CC2)nn1-c1ccccc1. The third kappa shape index (κ3) is 5.89. The summed E-state index contributed by atoms with van der Waals surface area (Å²) in [5.74, 6) is 0. The van der Waals surface area contributed by atoms with Crippen molar-refractivity contribution in [1.29, 1.82) is 0 Å². The summed E-state index contributed by atoms with van der Waals surface area (Å²) in [7, 11) is 0. The van der Waals surface area contributed by atoms with Crippen LogP contribution >= 0.6 is 0 Å². The zero-order valence-corrected chi connectivity index (χ0v) is 21.4. The molecule has 1 aromatic heterocycles. The lowest BCUT2D eigenvalue weighted by atomic mass is 10.1. The van der Waals surface area contributed by atoms with Gasteiger partial charge in [0.1, 0.15) is 0 Å². The van der Waals surface area contributed by atoms with Crippen LogP contribution in [0.4, 0.5) is 5.69 Å². The summed E-state index contributed by atoms with van der Waals surface area (Å²) >= 11 is 0. The highest BCUT2D eigenvalue weighted by molar-refractivity contribution is 5.56. The number of aromatic nitrogens is 2. The predicted octanol–water partition coefficient (Wildman–Crippen LogP) is 4.78. The summed E-state index contributed by atoms with van der Waals surface area (Å²) in [6.07, 6.45) is 3.15. The Kier molecular flexibility index (Phi) is 8.41. The highest BCUT2D eigenvalue weighted by atomic mass is 15.3. The van der Waals surface area contributed by atoms with E-state index in [4.69, 9.17) is 5.10 Å². The van der Waals surface area contributed by atoms with Crippen LogP contribution in [-0.2, 0) is 12.8 Å². The molecule has 34 heavy (non-hydrogen) atoms. The first-order chi connectivity index (χ1) is 16.6. The zero-order chi connectivity index (χ0) is 23.9. The van der Waals surface area contributed by atoms with E-state index in [1.54, 1.807) is 0 Å². The maximum absolute atomic E-state index is 4.92. The lowest BCUT2D eigenvalue weighted by Crippen LogP contribution is -2.52. The normalized spacial score (nSPS) is 15.6. The van der Waals surface area contributed by atoms with Gasteiger partial charge < -0.3 is 10.2 Å². The third-order valence-corrected chi connectivity index (χ3v) is 7.19. The molecule has 5 nitrogen and oxygen atoms in total. The van der Waals surface area contributed by atoms with Crippen LogP contribution in [0, 0.1) is 13.8 Å². The number of nitrogens with zero attached hydrogens (tertiary/aromatic N) is 4. The van der Waals surface area contributed by atoms with Crippen molar-refractivity contribution in [2.45, 2.75) is 53.0 Å². The maximum Gasteiger partial charge on any atom is 0.0648 e. The quantitative estimate of drug-likeness (QED) is 0.443. The summed E-state index contributed by atoms with van der Waals surface area (Å²) in [5, 5.41) is 8.60. The van der Waals surface area contributed by atoms with E-state index in [-0.39, 0.29) is 0 Å². The molecule has 1 saturated heterocycles. The van der Waals surface area contributed by atoms with E-state index in [1.165, 1.54) is 28.2 Å². The maximum atomic E-state index is 4.92. The van der Waals surface area contributed by atoms with Crippen molar-refractivity contribution in [3.63, 3.8) is 0 Å². The number of aryl methyl sites for hydroxylation is 2. The summed E-state index contributed by atoms with van der Waals surface area (Å²) in [6, 6.07) is 20.0. The molecule has 0 aliphatic carbocycles. The molecule has 0 bridgehead atoms. The van der Waals surface area contributed by atoms with Gasteiger partial charge in [0.25, 0.3) is 0 Å².